The average molecular weight is 243 g/mol. The van der Waals surface area contributed by atoms with E-state index in [1.165, 1.54) is 12.8 Å². The van der Waals surface area contributed by atoms with Crippen LogP contribution >= 0.6 is 11.6 Å². The molecule has 1 N–H and O–H groups in total. The van der Waals surface area contributed by atoms with Crippen LogP contribution in [0.25, 0.3) is 0 Å². The van der Waals surface area contributed by atoms with Crippen LogP contribution in [-0.2, 0) is 0 Å². The van der Waals surface area contributed by atoms with Gasteiger partial charge in [0.05, 0.1) is 6.61 Å². The Morgan fingerprint density at radius 1 is 1.38 bits per heavy atom. The van der Waals surface area contributed by atoms with Gasteiger partial charge in [0.1, 0.15) is 0 Å². The second kappa shape index (κ2) is 4.41. The quantitative estimate of drug-likeness (QED) is 0.857. The number of aromatic nitrogens is 3. The molecule has 88 valence electrons. The number of rotatable bonds is 5. The molecule has 1 aromatic rings. The molecule has 1 saturated carbocycles. The molecule has 1 aliphatic rings. The summed E-state index contributed by atoms with van der Waals surface area (Å²) in [5.41, 5.74) is 0.394. The maximum absolute atomic E-state index is 5.77. The van der Waals surface area contributed by atoms with E-state index in [1.807, 2.05) is 6.92 Å². The van der Waals surface area contributed by atoms with E-state index in [1.54, 1.807) is 0 Å². The Morgan fingerprint density at radius 3 is 2.75 bits per heavy atom. The maximum Gasteiger partial charge on any atom is 0.322 e. The summed E-state index contributed by atoms with van der Waals surface area (Å²) in [5, 5.41) is 3.31. The fourth-order valence-electron chi connectivity index (χ4n) is 1.29. The largest absolute Gasteiger partial charge is 0.464 e. The molecule has 1 heterocycles. The zero-order valence-corrected chi connectivity index (χ0v) is 10.2. The molecule has 2 rings (SSSR count). The molecule has 1 aliphatic carbocycles. The van der Waals surface area contributed by atoms with Crippen molar-refractivity contribution in [1.82, 2.24) is 15.0 Å². The molecule has 0 aromatic carbocycles. The van der Waals surface area contributed by atoms with Gasteiger partial charge in [-0.1, -0.05) is 6.92 Å². The van der Waals surface area contributed by atoms with Crippen LogP contribution in [0.3, 0.4) is 0 Å². The van der Waals surface area contributed by atoms with E-state index in [9.17, 15) is 0 Å². The van der Waals surface area contributed by atoms with Crippen LogP contribution in [0.2, 0.25) is 5.28 Å². The Bertz CT molecular complexity index is 381. The summed E-state index contributed by atoms with van der Waals surface area (Å²) in [5.74, 6) is 0.483. The molecule has 5 nitrogen and oxygen atoms in total. The van der Waals surface area contributed by atoms with Crippen LogP contribution in [0.15, 0.2) is 0 Å². The van der Waals surface area contributed by atoms with Gasteiger partial charge < -0.3 is 10.1 Å². The Balaban J connectivity index is 2.01. The molecule has 1 aromatic heterocycles. The highest BCUT2D eigenvalue weighted by molar-refractivity contribution is 6.28. The van der Waals surface area contributed by atoms with Crippen LogP contribution in [0.4, 0.5) is 5.95 Å². The Hall–Kier alpha value is -1.10. The zero-order valence-electron chi connectivity index (χ0n) is 9.46. The van der Waals surface area contributed by atoms with Crippen molar-refractivity contribution < 1.29 is 4.74 Å². The highest BCUT2D eigenvalue weighted by atomic mass is 35.5. The zero-order chi connectivity index (χ0) is 11.6. The molecule has 6 heteroatoms. The van der Waals surface area contributed by atoms with E-state index in [2.05, 4.69) is 27.2 Å². The molecular weight excluding hydrogens is 228 g/mol. The minimum atomic E-state index is 0.155. The van der Waals surface area contributed by atoms with Crippen LogP contribution in [0.5, 0.6) is 6.01 Å². The number of nitrogens with one attached hydrogen (secondary N) is 1. The third-order valence-electron chi connectivity index (χ3n) is 2.64. The third-order valence-corrected chi connectivity index (χ3v) is 2.81. The topological polar surface area (TPSA) is 59.9 Å². The second-order valence-electron chi connectivity index (χ2n) is 4.31. The fourth-order valence-corrected chi connectivity index (χ4v) is 1.44. The molecule has 0 unspecified atom stereocenters. The lowest BCUT2D eigenvalue weighted by Gasteiger charge is -2.10. The normalized spacial score (nSPS) is 16.9. The molecular formula is C10H15ClN4O. The van der Waals surface area contributed by atoms with Gasteiger partial charge in [-0.05, 0) is 36.8 Å². The van der Waals surface area contributed by atoms with E-state index in [4.69, 9.17) is 16.3 Å². The van der Waals surface area contributed by atoms with E-state index < -0.39 is 0 Å². The van der Waals surface area contributed by atoms with Gasteiger partial charge in [-0.3, -0.25) is 0 Å². The summed E-state index contributed by atoms with van der Waals surface area (Å²) in [4.78, 5) is 12.0. The predicted octanol–water partition coefficient (Wildman–Crippen LogP) is 2.14. The third kappa shape index (κ3) is 2.95. The molecule has 0 aliphatic heterocycles. The van der Waals surface area contributed by atoms with Gasteiger partial charge >= 0.3 is 6.01 Å². The van der Waals surface area contributed by atoms with Gasteiger partial charge in [0.2, 0.25) is 11.2 Å². The fraction of sp³-hybridized carbons (Fsp3) is 0.700. The maximum atomic E-state index is 5.77. The van der Waals surface area contributed by atoms with Crippen molar-refractivity contribution in [1.29, 1.82) is 0 Å². The summed E-state index contributed by atoms with van der Waals surface area (Å²) >= 11 is 5.77. The number of hydrogen-bond acceptors (Lipinski definition) is 5. The molecule has 0 radical (unpaired) electrons. The monoisotopic (exact) mass is 242 g/mol. The van der Waals surface area contributed by atoms with Crippen molar-refractivity contribution >= 4 is 17.5 Å². The summed E-state index contributed by atoms with van der Waals surface area (Å²) < 4.78 is 5.19. The summed E-state index contributed by atoms with van der Waals surface area (Å²) in [6.07, 6.45) is 2.49. The van der Waals surface area contributed by atoms with Crippen molar-refractivity contribution in [3.8, 4) is 6.01 Å². The van der Waals surface area contributed by atoms with Gasteiger partial charge in [-0.15, -0.1) is 0 Å². The lowest BCUT2D eigenvalue weighted by molar-refractivity contribution is 0.312. The van der Waals surface area contributed by atoms with Gasteiger partial charge in [0, 0.05) is 6.54 Å². The number of ether oxygens (including phenoxy) is 1. The minimum absolute atomic E-state index is 0.155. The Morgan fingerprint density at radius 2 is 2.12 bits per heavy atom. The first kappa shape index (κ1) is 11.4. The van der Waals surface area contributed by atoms with E-state index >= 15 is 0 Å². The SMILES string of the molecule is CCOc1nc(Cl)nc(NCC2(C)CC2)n1. The number of anilines is 1. The molecule has 0 atom stereocenters. The van der Waals surface area contributed by atoms with Crippen molar-refractivity contribution in [3.05, 3.63) is 5.28 Å². The van der Waals surface area contributed by atoms with E-state index in [-0.39, 0.29) is 11.3 Å². The molecule has 0 saturated heterocycles. The summed E-state index contributed by atoms with van der Waals surface area (Å²) in [7, 11) is 0. The first-order valence-electron chi connectivity index (χ1n) is 5.39. The number of hydrogen-bond donors (Lipinski definition) is 1. The van der Waals surface area contributed by atoms with E-state index in [0.717, 1.165) is 6.54 Å². The first-order valence-corrected chi connectivity index (χ1v) is 5.77. The highest BCUT2D eigenvalue weighted by Gasteiger charge is 2.37. The van der Waals surface area contributed by atoms with Crippen LogP contribution in [0, 0.1) is 5.41 Å². The number of nitrogens with zero attached hydrogens (tertiary/aromatic N) is 3. The predicted molar refractivity (Wildman–Crippen MR) is 61.8 cm³/mol. The first-order chi connectivity index (χ1) is 7.61. The van der Waals surface area contributed by atoms with Gasteiger partial charge in [0.15, 0.2) is 0 Å². The Kier molecular flexibility index (Phi) is 3.14. The average Bonchev–Trinajstić information content (AvgIpc) is 2.94. The lowest BCUT2D eigenvalue weighted by Crippen LogP contribution is -2.14. The lowest BCUT2D eigenvalue weighted by atomic mass is 10.1. The van der Waals surface area contributed by atoms with E-state index in [0.29, 0.717) is 18.0 Å². The van der Waals surface area contributed by atoms with Gasteiger partial charge in [0.25, 0.3) is 0 Å². The molecule has 0 bridgehead atoms. The summed E-state index contributed by atoms with van der Waals surface area (Å²) in [6, 6.07) is 0.269. The Labute approximate surface area is 99.6 Å². The summed E-state index contributed by atoms with van der Waals surface area (Å²) in [6.45, 7) is 5.47. The number of halogens is 1. The molecule has 1 fully saturated rings. The van der Waals surface area contributed by atoms with Gasteiger partial charge in [-0.25, -0.2) is 0 Å². The molecule has 0 spiro atoms. The second-order valence-corrected chi connectivity index (χ2v) is 4.65. The van der Waals surface area contributed by atoms with Crippen molar-refractivity contribution in [2.75, 3.05) is 18.5 Å². The van der Waals surface area contributed by atoms with Crippen LogP contribution < -0.4 is 10.1 Å². The molecule has 0 amide bonds. The molecule has 16 heavy (non-hydrogen) atoms. The van der Waals surface area contributed by atoms with Crippen molar-refractivity contribution in [2.24, 2.45) is 5.41 Å². The van der Waals surface area contributed by atoms with Crippen LogP contribution in [0.1, 0.15) is 26.7 Å². The smallest absolute Gasteiger partial charge is 0.322 e. The highest BCUT2D eigenvalue weighted by Crippen LogP contribution is 2.44. The van der Waals surface area contributed by atoms with Crippen molar-refractivity contribution in [3.63, 3.8) is 0 Å². The van der Waals surface area contributed by atoms with Crippen LogP contribution in [-0.4, -0.2) is 28.1 Å². The van der Waals surface area contributed by atoms with Gasteiger partial charge in [-0.2, -0.15) is 15.0 Å². The standard InChI is InChI=1S/C10H15ClN4O/c1-3-16-9-14-7(11)13-8(15-9)12-6-10(2)4-5-10/h3-6H2,1-2H3,(H,12,13,14,15). The minimum Gasteiger partial charge on any atom is -0.464 e. The van der Waals surface area contributed by atoms with Crippen molar-refractivity contribution in [2.45, 2.75) is 26.7 Å².